The molecule has 1 amide bonds. The number of carbonyl (C=O) groups is 1. The number of carbonyl (C=O) groups excluding carboxylic acids is 1. The summed E-state index contributed by atoms with van der Waals surface area (Å²) in [5.74, 6) is -0.343. The number of sulfonamides is 1. The van der Waals surface area contributed by atoms with Gasteiger partial charge in [0.2, 0.25) is 10.0 Å². The number of ether oxygens (including phenoxy) is 1. The second-order valence-corrected chi connectivity index (χ2v) is 10.6. The smallest absolute Gasteiger partial charge is 0.382 e. The zero-order valence-corrected chi connectivity index (χ0v) is 24.0. The predicted octanol–water partition coefficient (Wildman–Crippen LogP) is -0.381. The zero-order valence-electron chi connectivity index (χ0n) is 22.4. The van der Waals surface area contributed by atoms with Crippen molar-refractivity contribution in [3.8, 4) is 11.3 Å². The number of nitrogen functional groups attached to an aromatic ring is 1. The number of anilines is 1. The van der Waals surface area contributed by atoms with Crippen LogP contribution in [0.4, 0.5) is 5.82 Å². The summed E-state index contributed by atoms with van der Waals surface area (Å²) in [6, 6.07) is 6.46. The number of nitrogens with zero attached hydrogens (tertiary/aromatic N) is 4. The van der Waals surface area contributed by atoms with E-state index in [9.17, 15) is 13.2 Å². The van der Waals surface area contributed by atoms with Crippen LogP contribution in [0.1, 0.15) is 43.1 Å². The van der Waals surface area contributed by atoms with Crippen LogP contribution in [0.5, 0.6) is 0 Å². The Morgan fingerprint density at radius 3 is 2.32 bits per heavy atom. The number of rotatable bonds is 8. The van der Waals surface area contributed by atoms with Crippen molar-refractivity contribution in [1.82, 2.24) is 24.5 Å². The third-order valence-electron chi connectivity index (χ3n) is 6.04. The van der Waals surface area contributed by atoms with Gasteiger partial charge in [0.25, 0.3) is 5.91 Å². The number of hydrogen-bond acceptors (Lipinski definition) is 8. The first-order valence-corrected chi connectivity index (χ1v) is 13.9. The number of unbranched alkanes of at least 4 members (excludes halogenated alkanes) is 1. The third-order valence-corrected chi connectivity index (χ3v) is 7.95. The fraction of sp³-hybridized carbons (Fsp3) is 0.520. The Kier molecular flexibility index (Phi) is 15.4. The van der Waals surface area contributed by atoms with Crippen LogP contribution in [0, 0.1) is 6.92 Å². The summed E-state index contributed by atoms with van der Waals surface area (Å²) in [5.41, 5.74) is 7.04. The first-order valence-electron chi connectivity index (χ1n) is 12.5. The molecular weight excluding hydrogens is 523 g/mol. The molecule has 1 aromatic heterocycles. The number of hydrogen-bond donors (Lipinski definition) is 2. The van der Waals surface area contributed by atoms with E-state index in [0.717, 1.165) is 38.9 Å². The molecule has 2 fully saturated rings. The normalized spacial score (nSPS) is 15.9. The van der Waals surface area contributed by atoms with Gasteiger partial charge >= 0.3 is 18.9 Å². The van der Waals surface area contributed by atoms with Crippen LogP contribution in [0.2, 0.25) is 0 Å². The van der Waals surface area contributed by atoms with Crippen molar-refractivity contribution in [1.29, 1.82) is 0 Å². The monoisotopic (exact) mass is 560 g/mol. The minimum Gasteiger partial charge on any atom is -0.382 e. The molecule has 13 heteroatoms. The van der Waals surface area contributed by atoms with Gasteiger partial charge in [0.15, 0.2) is 11.5 Å². The maximum absolute atomic E-state index is 12.7. The van der Waals surface area contributed by atoms with Crippen molar-refractivity contribution in [2.24, 2.45) is 0 Å². The number of nitrogens with two attached hydrogens (primary N) is 1. The molecule has 206 valence electrons. The summed E-state index contributed by atoms with van der Waals surface area (Å²) in [6.45, 7) is 11.1. The molecule has 4 rings (SSSR count). The van der Waals surface area contributed by atoms with E-state index in [1.165, 1.54) is 16.9 Å². The van der Waals surface area contributed by atoms with Crippen LogP contribution in [0.15, 0.2) is 35.4 Å². The summed E-state index contributed by atoms with van der Waals surface area (Å²) in [4.78, 5) is 23.6. The number of nitrogens with one attached hydrogen (secondary N) is 1. The number of benzene rings is 1. The Balaban J connectivity index is 0.00000113. The number of halogens is 1. The van der Waals surface area contributed by atoms with E-state index in [2.05, 4.69) is 34.0 Å². The standard InChI is InChI=1S/C21H28N6O4S.C4H9.ClH.Li/c22-20-19(21(28)23-7-10-26-11-13-31-14-12-26)25-18(15-24-20)16-3-5-17(6-4-16)32(29,30)27-8-1-2-9-27;1-3-4-2;;/h3-6,15H,1-2,7-14H2,(H2,22,24)(H,23,28);1,3-4H2,2H3;1H;/q;-1;;+1. The molecule has 38 heavy (non-hydrogen) atoms. The molecule has 0 saturated carbocycles. The molecule has 1 aromatic carbocycles. The number of morpholine rings is 1. The SMILES string of the molecule is Cl.Nc1ncc(-c2ccc(S(=O)(=O)N3CCCC3)cc2)nc1C(=O)NCCN1CCOCC1.[CH2-]CCC.[Li+]. The van der Waals surface area contributed by atoms with Crippen molar-refractivity contribution in [2.45, 2.75) is 37.5 Å². The van der Waals surface area contributed by atoms with Gasteiger partial charge in [-0.05, 0) is 25.0 Å². The molecule has 0 atom stereocenters. The van der Waals surface area contributed by atoms with Gasteiger partial charge in [0.05, 0.1) is 30.0 Å². The molecular formula is C25H38ClLiN6O4S. The van der Waals surface area contributed by atoms with E-state index in [1.807, 2.05) is 0 Å². The second kappa shape index (κ2) is 17.1. The molecule has 3 N–H and O–H groups in total. The minimum absolute atomic E-state index is 0. The third kappa shape index (κ3) is 9.49. The number of amides is 1. The van der Waals surface area contributed by atoms with Crippen LogP contribution in [0.25, 0.3) is 11.3 Å². The fourth-order valence-electron chi connectivity index (χ4n) is 3.82. The maximum Gasteiger partial charge on any atom is 1.00 e. The predicted molar refractivity (Wildman–Crippen MR) is 147 cm³/mol. The van der Waals surface area contributed by atoms with Gasteiger partial charge < -0.3 is 22.7 Å². The van der Waals surface area contributed by atoms with Gasteiger partial charge in [-0.15, -0.1) is 12.4 Å². The average molecular weight is 561 g/mol. The molecule has 0 bridgehead atoms. The maximum atomic E-state index is 12.7. The summed E-state index contributed by atoms with van der Waals surface area (Å²) in [7, 11) is -3.48. The molecule has 0 aliphatic carbocycles. The zero-order chi connectivity index (χ0) is 26.0. The quantitative estimate of drug-likeness (QED) is 0.330. The van der Waals surface area contributed by atoms with Crippen LogP contribution in [0.3, 0.4) is 0 Å². The Bertz CT molecular complexity index is 1090. The van der Waals surface area contributed by atoms with Crippen LogP contribution in [-0.4, -0.2) is 86.0 Å². The molecule has 2 aliphatic rings. The molecule has 0 radical (unpaired) electrons. The van der Waals surface area contributed by atoms with Gasteiger partial charge in [-0.1, -0.05) is 25.5 Å². The van der Waals surface area contributed by atoms with Crippen molar-refractivity contribution in [3.05, 3.63) is 43.1 Å². The van der Waals surface area contributed by atoms with E-state index in [1.54, 1.807) is 24.3 Å². The Morgan fingerprint density at radius 1 is 1.13 bits per heavy atom. The summed E-state index contributed by atoms with van der Waals surface area (Å²) >= 11 is 0. The Hall–Kier alpha value is -1.71. The molecule has 2 saturated heterocycles. The van der Waals surface area contributed by atoms with Crippen molar-refractivity contribution < 1.29 is 36.8 Å². The van der Waals surface area contributed by atoms with Crippen molar-refractivity contribution >= 4 is 34.2 Å². The van der Waals surface area contributed by atoms with Crippen LogP contribution in [-0.2, 0) is 14.8 Å². The second-order valence-electron chi connectivity index (χ2n) is 8.69. The van der Waals surface area contributed by atoms with Crippen LogP contribution < -0.4 is 29.9 Å². The minimum atomic E-state index is -3.48. The van der Waals surface area contributed by atoms with Crippen LogP contribution >= 0.6 is 12.4 Å². The van der Waals surface area contributed by atoms with Gasteiger partial charge in [0.1, 0.15) is 0 Å². The summed E-state index contributed by atoms with van der Waals surface area (Å²) < 4.78 is 32.2. The van der Waals surface area contributed by atoms with E-state index in [0.29, 0.717) is 44.1 Å². The molecule has 2 aliphatic heterocycles. The molecule has 0 unspecified atom stereocenters. The number of aromatic nitrogens is 2. The van der Waals surface area contributed by atoms with E-state index in [4.69, 9.17) is 10.5 Å². The Morgan fingerprint density at radius 2 is 1.74 bits per heavy atom. The molecule has 2 aromatic rings. The average Bonchev–Trinajstić information content (AvgIpc) is 3.46. The first kappa shape index (κ1) is 34.3. The van der Waals surface area contributed by atoms with Gasteiger partial charge in [0, 0.05) is 44.8 Å². The topological polar surface area (TPSA) is 131 Å². The van der Waals surface area contributed by atoms with E-state index in [-0.39, 0.29) is 47.7 Å². The van der Waals surface area contributed by atoms with E-state index >= 15 is 0 Å². The largest absolute Gasteiger partial charge is 1.00 e. The first-order chi connectivity index (χ1) is 17.4. The molecule has 0 spiro atoms. The van der Waals surface area contributed by atoms with Gasteiger partial charge in [-0.25, -0.2) is 18.4 Å². The molecule has 3 heterocycles. The van der Waals surface area contributed by atoms with Gasteiger partial charge in [-0.2, -0.15) is 10.7 Å². The fourth-order valence-corrected chi connectivity index (χ4v) is 5.33. The van der Waals surface area contributed by atoms with Crippen molar-refractivity contribution in [3.63, 3.8) is 0 Å². The van der Waals surface area contributed by atoms with Gasteiger partial charge in [-0.3, -0.25) is 9.69 Å². The Labute approximate surface area is 244 Å². The molecule has 10 nitrogen and oxygen atoms in total. The summed E-state index contributed by atoms with van der Waals surface area (Å²) in [6.07, 6.45) is 5.52. The van der Waals surface area contributed by atoms with Crippen molar-refractivity contribution in [2.75, 3.05) is 58.2 Å². The summed E-state index contributed by atoms with van der Waals surface area (Å²) in [5, 5.41) is 2.84. The van der Waals surface area contributed by atoms with E-state index < -0.39 is 15.9 Å².